The van der Waals surface area contributed by atoms with E-state index in [1.807, 2.05) is 11.9 Å². The van der Waals surface area contributed by atoms with Crippen molar-refractivity contribution in [3.63, 3.8) is 0 Å². The smallest absolute Gasteiger partial charge is 0.245 e. The van der Waals surface area contributed by atoms with Gasteiger partial charge in [-0.25, -0.2) is 0 Å². The zero-order valence-corrected chi connectivity index (χ0v) is 10.2. The van der Waals surface area contributed by atoms with E-state index in [4.69, 9.17) is 0 Å². The minimum atomic E-state index is 0.0708. The first-order chi connectivity index (χ1) is 8.27. The number of amides is 1. The predicted octanol–water partition coefficient (Wildman–Crippen LogP) is 1.67. The van der Waals surface area contributed by atoms with Gasteiger partial charge in [0, 0.05) is 25.8 Å². The normalized spacial score (nSPS) is 24.1. The largest absolute Gasteiger partial charge is 0.359 e. The fraction of sp³-hybridized carbons (Fsp3) is 0.500. The average Bonchev–Trinajstić information content (AvgIpc) is 2.69. The van der Waals surface area contributed by atoms with Gasteiger partial charge in [0.05, 0.1) is 0 Å². The van der Waals surface area contributed by atoms with E-state index in [0.717, 1.165) is 32.4 Å². The van der Waals surface area contributed by atoms with E-state index < -0.39 is 0 Å². The predicted molar refractivity (Wildman–Crippen MR) is 68.2 cm³/mol. The molecule has 1 aromatic rings. The zero-order chi connectivity index (χ0) is 11.8. The van der Waals surface area contributed by atoms with Gasteiger partial charge in [0.25, 0.3) is 0 Å². The van der Waals surface area contributed by atoms with Gasteiger partial charge >= 0.3 is 0 Å². The topological polar surface area (TPSA) is 23.6 Å². The number of benzene rings is 1. The minimum Gasteiger partial charge on any atom is -0.359 e. The van der Waals surface area contributed by atoms with E-state index in [1.165, 1.54) is 11.3 Å². The number of fused-ring (bicyclic) bond motifs is 1. The highest BCUT2D eigenvalue weighted by Crippen LogP contribution is 2.31. The first kappa shape index (κ1) is 10.6. The highest BCUT2D eigenvalue weighted by atomic mass is 16.2. The van der Waals surface area contributed by atoms with E-state index in [0.29, 0.717) is 0 Å². The molecule has 0 radical (unpaired) electrons. The number of para-hydroxylation sites is 1. The van der Waals surface area contributed by atoms with Crippen LogP contribution in [0, 0.1) is 0 Å². The fourth-order valence-electron chi connectivity index (χ4n) is 2.98. The molecule has 1 saturated heterocycles. The van der Waals surface area contributed by atoms with Crippen LogP contribution in [0.5, 0.6) is 0 Å². The highest BCUT2D eigenvalue weighted by Gasteiger charge is 2.35. The van der Waals surface area contributed by atoms with Crippen LogP contribution in [0.25, 0.3) is 0 Å². The van der Waals surface area contributed by atoms with Crippen LogP contribution >= 0.6 is 0 Å². The summed E-state index contributed by atoms with van der Waals surface area (Å²) in [6.45, 7) is 1.91. The minimum absolute atomic E-state index is 0.0708. The summed E-state index contributed by atoms with van der Waals surface area (Å²) in [5.41, 5.74) is 2.66. The molecule has 3 rings (SSSR count). The Morgan fingerprint density at radius 2 is 2.06 bits per heavy atom. The van der Waals surface area contributed by atoms with E-state index in [-0.39, 0.29) is 11.9 Å². The standard InChI is InChI=1S/C14H18N2O/c1-15-10-8-13(14(15)17)16-9-4-6-11-5-2-3-7-12(11)16/h2-3,5,7,13H,4,6,8-10H2,1H3. The molecular formula is C14H18N2O. The second kappa shape index (κ2) is 4.06. The number of aryl methyl sites for hydroxylation is 1. The average molecular weight is 230 g/mol. The van der Waals surface area contributed by atoms with Crippen molar-refractivity contribution < 1.29 is 4.79 Å². The first-order valence-electron chi connectivity index (χ1n) is 6.37. The number of hydrogen-bond donors (Lipinski definition) is 0. The Morgan fingerprint density at radius 3 is 2.82 bits per heavy atom. The lowest BCUT2D eigenvalue weighted by Crippen LogP contribution is -2.43. The van der Waals surface area contributed by atoms with Gasteiger partial charge in [0.1, 0.15) is 6.04 Å². The van der Waals surface area contributed by atoms with Crippen molar-refractivity contribution in [2.75, 3.05) is 25.0 Å². The second-order valence-electron chi connectivity index (χ2n) is 4.99. The molecule has 2 aliphatic rings. The molecule has 2 heterocycles. The van der Waals surface area contributed by atoms with E-state index in [1.54, 1.807) is 0 Å². The van der Waals surface area contributed by atoms with Gasteiger partial charge in [0.2, 0.25) is 5.91 Å². The maximum Gasteiger partial charge on any atom is 0.245 e. The monoisotopic (exact) mass is 230 g/mol. The number of likely N-dealkylation sites (tertiary alicyclic amines) is 1. The van der Waals surface area contributed by atoms with Crippen molar-refractivity contribution in [2.24, 2.45) is 0 Å². The number of carbonyl (C=O) groups is 1. The van der Waals surface area contributed by atoms with Crippen LogP contribution in [0.1, 0.15) is 18.4 Å². The number of carbonyl (C=O) groups excluding carboxylic acids is 1. The Kier molecular flexibility index (Phi) is 2.54. The van der Waals surface area contributed by atoms with Crippen molar-refractivity contribution in [1.29, 1.82) is 0 Å². The van der Waals surface area contributed by atoms with Gasteiger partial charge in [-0.15, -0.1) is 0 Å². The molecule has 1 atom stereocenters. The molecule has 0 saturated carbocycles. The molecule has 0 bridgehead atoms. The third kappa shape index (κ3) is 1.70. The molecule has 3 nitrogen and oxygen atoms in total. The highest BCUT2D eigenvalue weighted by molar-refractivity contribution is 5.87. The van der Waals surface area contributed by atoms with Crippen LogP contribution in [-0.2, 0) is 11.2 Å². The van der Waals surface area contributed by atoms with Crippen LogP contribution in [-0.4, -0.2) is 37.0 Å². The van der Waals surface area contributed by atoms with Crippen LogP contribution in [0.4, 0.5) is 5.69 Å². The SMILES string of the molecule is CN1CCC(N2CCCc3ccccc32)C1=O. The fourth-order valence-corrected chi connectivity index (χ4v) is 2.98. The number of nitrogens with zero attached hydrogens (tertiary/aromatic N) is 2. The maximum atomic E-state index is 12.1. The van der Waals surface area contributed by atoms with Gasteiger partial charge < -0.3 is 9.80 Å². The summed E-state index contributed by atoms with van der Waals surface area (Å²) in [6.07, 6.45) is 3.26. The molecule has 1 fully saturated rings. The van der Waals surface area contributed by atoms with E-state index in [9.17, 15) is 4.79 Å². The molecule has 0 N–H and O–H groups in total. The van der Waals surface area contributed by atoms with Crippen molar-refractivity contribution in [2.45, 2.75) is 25.3 Å². The second-order valence-corrected chi connectivity index (χ2v) is 4.99. The summed E-state index contributed by atoms with van der Waals surface area (Å²) in [6, 6.07) is 8.57. The Morgan fingerprint density at radius 1 is 1.24 bits per heavy atom. The Balaban J connectivity index is 1.93. The van der Waals surface area contributed by atoms with Crippen LogP contribution in [0.15, 0.2) is 24.3 Å². The molecule has 1 amide bonds. The van der Waals surface area contributed by atoms with Crippen LogP contribution < -0.4 is 4.90 Å². The van der Waals surface area contributed by atoms with E-state index >= 15 is 0 Å². The summed E-state index contributed by atoms with van der Waals surface area (Å²) < 4.78 is 0. The third-order valence-electron chi connectivity index (χ3n) is 3.92. The zero-order valence-electron chi connectivity index (χ0n) is 10.2. The lowest BCUT2D eigenvalue weighted by atomic mass is 9.99. The molecular weight excluding hydrogens is 212 g/mol. The van der Waals surface area contributed by atoms with Gasteiger partial charge in [-0.3, -0.25) is 4.79 Å². The molecule has 0 spiro atoms. The third-order valence-corrected chi connectivity index (χ3v) is 3.92. The van der Waals surface area contributed by atoms with Crippen molar-refractivity contribution in [3.8, 4) is 0 Å². The van der Waals surface area contributed by atoms with Crippen LogP contribution in [0.2, 0.25) is 0 Å². The summed E-state index contributed by atoms with van der Waals surface area (Å²) in [5, 5.41) is 0. The van der Waals surface area contributed by atoms with Crippen molar-refractivity contribution in [1.82, 2.24) is 4.90 Å². The Hall–Kier alpha value is -1.51. The quantitative estimate of drug-likeness (QED) is 0.732. The number of likely N-dealkylation sites (N-methyl/N-ethyl adjacent to an activating group) is 1. The van der Waals surface area contributed by atoms with Crippen molar-refractivity contribution in [3.05, 3.63) is 29.8 Å². The number of anilines is 1. The van der Waals surface area contributed by atoms with Gasteiger partial charge in [-0.1, -0.05) is 18.2 Å². The molecule has 0 aliphatic carbocycles. The molecule has 90 valence electrons. The molecule has 1 aromatic carbocycles. The molecule has 3 heteroatoms. The first-order valence-corrected chi connectivity index (χ1v) is 6.37. The summed E-state index contributed by atoms with van der Waals surface area (Å²) in [4.78, 5) is 16.3. The molecule has 1 unspecified atom stereocenters. The summed E-state index contributed by atoms with van der Waals surface area (Å²) in [5.74, 6) is 0.279. The Bertz CT molecular complexity index is 444. The van der Waals surface area contributed by atoms with E-state index in [2.05, 4.69) is 29.2 Å². The summed E-state index contributed by atoms with van der Waals surface area (Å²) in [7, 11) is 1.90. The molecule has 0 aromatic heterocycles. The molecule has 2 aliphatic heterocycles. The summed E-state index contributed by atoms with van der Waals surface area (Å²) >= 11 is 0. The van der Waals surface area contributed by atoms with Crippen LogP contribution in [0.3, 0.4) is 0 Å². The molecule has 17 heavy (non-hydrogen) atoms. The van der Waals surface area contributed by atoms with Gasteiger partial charge in [0.15, 0.2) is 0 Å². The lowest BCUT2D eigenvalue weighted by Gasteiger charge is -2.35. The van der Waals surface area contributed by atoms with Gasteiger partial charge in [-0.05, 0) is 30.9 Å². The lowest BCUT2D eigenvalue weighted by molar-refractivity contribution is -0.127. The Labute approximate surface area is 102 Å². The number of rotatable bonds is 1. The van der Waals surface area contributed by atoms with Gasteiger partial charge in [-0.2, -0.15) is 0 Å². The number of hydrogen-bond acceptors (Lipinski definition) is 2. The maximum absolute atomic E-state index is 12.1. The van der Waals surface area contributed by atoms with Crippen molar-refractivity contribution >= 4 is 11.6 Å².